The Kier molecular flexibility index (Phi) is 9.03. The third-order valence-electron chi connectivity index (χ3n) is 6.16. The summed E-state index contributed by atoms with van der Waals surface area (Å²) >= 11 is 8.09. The molecule has 0 aliphatic carbocycles. The average Bonchev–Trinajstić information content (AvgIpc) is 3.13. The fourth-order valence-corrected chi connectivity index (χ4v) is 8.09. The summed E-state index contributed by atoms with van der Waals surface area (Å²) in [5.41, 5.74) is 2.07. The second kappa shape index (κ2) is 11.0. The molecule has 1 aliphatic heterocycles. The predicted molar refractivity (Wildman–Crippen MR) is 150 cm³/mol. The van der Waals surface area contributed by atoms with E-state index in [-0.39, 0.29) is 18.1 Å². The van der Waals surface area contributed by atoms with Crippen LogP contribution in [0.15, 0.2) is 30.3 Å². The van der Waals surface area contributed by atoms with Gasteiger partial charge in [0.15, 0.2) is 16.6 Å². The van der Waals surface area contributed by atoms with Gasteiger partial charge in [-0.05, 0) is 81.4 Å². The lowest BCUT2D eigenvalue weighted by molar-refractivity contribution is -0.337. The van der Waals surface area contributed by atoms with E-state index >= 15 is 0 Å². The molecule has 1 unspecified atom stereocenters. The number of hydrogen-bond acceptors (Lipinski definition) is 6. The van der Waals surface area contributed by atoms with Gasteiger partial charge in [-0.3, -0.25) is 0 Å². The lowest BCUT2D eigenvalue weighted by Gasteiger charge is -2.52. The molecule has 196 valence electrons. The molecule has 2 heterocycles. The van der Waals surface area contributed by atoms with Gasteiger partial charge in [0.2, 0.25) is 5.79 Å². The molecule has 35 heavy (non-hydrogen) atoms. The van der Waals surface area contributed by atoms with Crippen molar-refractivity contribution in [3.05, 3.63) is 50.7 Å². The highest BCUT2D eigenvalue weighted by atomic mass is 35.5. The Hall–Kier alpha value is -0.716. The first kappa shape index (κ1) is 28.8. The van der Waals surface area contributed by atoms with Crippen molar-refractivity contribution in [1.29, 1.82) is 0 Å². The Balaban J connectivity index is 2.03. The highest BCUT2D eigenvalue weighted by Gasteiger charge is 2.57. The van der Waals surface area contributed by atoms with Gasteiger partial charge in [0.25, 0.3) is 0 Å². The normalized spacial score (nSPS) is 27.7. The van der Waals surface area contributed by atoms with Crippen molar-refractivity contribution in [2.45, 2.75) is 90.1 Å². The maximum Gasteiger partial charge on any atom is 0.230 e. The molecule has 9 heteroatoms. The topological polar surface area (TPSA) is 57.2 Å². The minimum Gasteiger partial charge on any atom is -0.497 e. The summed E-state index contributed by atoms with van der Waals surface area (Å²) in [6, 6.07) is 9.92. The van der Waals surface area contributed by atoms with Crippen molar-refractivity contribution in [2.24, 2.45) is 5.92 Å². The molecule has 0 saturated carbocycles. The Morgan fingerprint density at radius 2 is 1.66 bits per heavy atom. The van der Waals surface area contributed by atoms with Crippen molar-refractivity contribution in [1.82, 2.24) is 0 Å². The number of rotatable bonds is 9. The van der Waals surface area contributed by atoms with Crippen LogP contribution in [0.2, 0.25) is 43.6 Å². The molecule has 5 nitrogen and oxygen atoms in total. The molecular weight excluding hydrogens is 516 g/mol. The molecule has 0 spiro atoms. The summed E-state index contributed by atoms with van der Waals surface area (Å²) in [7, 11) is -2.35. The zero-order chi connectivity index (χ0) is 26.2. The van der Waals surface area contributed by atoms with Crippen LogP contribution in [0.25, 0.3) is 0 Å². The van der Waals surface area contributed by atoms with Crippen LogP contribution in [0.5, 0.6) is 5.75 Å². The van der Waals surface area contributed by atoms with Crippen molar-refractivity contribution in [3.63, 3.8) is 0 Å². The molecule has 5 atom stereocenters. The summed E-state index contributed by atoms with van der Waals surface area (Å²) < 4.78 is 25.8. The second-order valence-corrected chi connectivity index (χ2v) is 22.0. The number of thiophene rings is 1. The Morgan fingerprint density at radius 3 is 2.17 bits per heavy atom. The molecule has 1 aliphatic rings. The molecule has 0 amide bonds. The summed E-state index contributed by atoms with van der Waals surface area (Å²) in [6.07, 6.45) is 0.350. The first-order chi connectivity index (χ1) is 16.2. The molecular formula is C26H41ClO5SSi2. The third kappa shape index (κ3) is 6.99. The van der Waals surface area contributed by atoms with E-state index in [1.54, 1.807) is 7.11 Å². The molecule has 0 radical (unpaired) electrons. The van der Waals surface area contributed by atoms with Crippen molar-refractivity contribution < 1.29 is 23.4 Å². The highest BCUT2D eigenvalue weighted by molar-refractivity contribution is 7.16. The quantitative estimate of drug-likeness (QED) is 0.336. The molecule has 3 rings (SSSR count). The van der Waals surface area contributed by atoms with Gasteiger partial charge in [-0.15, -0.1) is 11.3 Å². The Bertz CT molecular complexity index is 985. The number of benzene rings is 1. The molecule has 1 aromatic heterocycles. The van der Waals surface area contributed by atoms with Crippen LogP contribution in [0.1, 0.15) is 36.3 Å². The lowest BCUT2D eigenvalue weighted by atomic mass is 9.84. The van der Waals surface area contributed by atoms with Gasteiger partial charge in [-0.2, -0.15) is 0 Å². The van der Waals surface area contributed by atoms with Gasteiger partial charge < -0.3 is 23.4 Å². The minimum absolute atomic E-state index is 0.0857. The van der Waals surface area contributed by atoms with Gasteiger partial charge in [0.1, 0.15) is 11.9 Å². The van der Waals surface area contributed by atoms with Gasteiger partial charge in [0.05, 0.1) is 28.5 Å². The second-order valence-electron chi connectivity index (χ2n) is 11.4. The Labute approximate surface area is 222 Å². The molecule has 2 aromatic rings. The van der Waals surface area contributed by atoms with E-state index in [0.717, 1.165) is 23.3 Å². The zero-order valence-corrected chi connectivity index (χ0v) is 26.0. The SMILES string of the molecule is CC[C@H]1OC(O)(c2cc(Cc3ccc(OC)cc3)c(Cl)s2)[C@H](O[Si](C)(C)C)[C@@H](O[Si](C)(C)C)[C@@H]1C. The van der Waals surface area contributed by atoms with E-state index in [4.69, 9.17) is 29.9 Å². The van der Waals surface area contributed by atoms with Crippen LogP contribution in [0.4, 0.5) is 0 Å². The van der Waals surface area contributed by atoms with Crippen molar-refractivity contribution in [3.8, 4) is 5.75 Å². The fourth-order valence-electron chi connectivity index (χ4n) is 4.54. The van der Waals surface area contributed by atoms with Crippen LogP contribution in [-0.4, -0.2) is 47.2 Å². The number of hydrogen-bond donors (Lipinski definition) is 1. The maximum atomic E-state index is 12.3. The number of halogens is 1. The van der Waals surface area contributed by atoms with E-state index in [1.807, 2.05) is 30.3 Å². The van der Waals surface area contributed by atoms with Gasteiger partial charge >= 0.3 is 0 Å². The highest BCUT2D eigenvalue weighted by Crippen LogP contribution is 2.47. The predicted octanol–water partition coefficient (Wildman–Crippen LogP) is 7.03. The summed E-state index contributed by atoms with van der Waals surface area (Å²) in [5, 5.41) is 12.3. The number of ether oxygens (including phenoxy) is 2. The summed E-state index contributed by atoms with van der Waals surface area (Å²) in [5.74, 6) is -0.734. The lowest BCUT2D eigenvalue weighted by Crippen LogP contribution is -2.64. The fraction of sp³-hybridized carbons (Fsp3) is 0.615. The molecule has 1 aromatic carbocycles. The first-order valence-corrected chi connectivity index (χ1v) is 20.4. The van der Waals surface area contributed by atoms with E-state index in [1.165, 1.54) is 11.3 Å². The van der Waals surface area contributed by atoms with E-state index in [0.29, 0.717) is 15.6 Å². The van der Waals surface area contributed by atoms with E-state index in [9.17, 15) is 5.11 Å². The van der Waals surface area contributed by atoms with Gasteiger partial charge in [-0.25, -0.2) is 0 Å². The summed E-state index contributed by atoms with van der Waals surface area (Å²) in [6.45, 7) is 17.2. The smallest absolute Gasteiger partial charge is 0.230 e. The van der Waals surface area contributed by atoms with Gasteiger partial charge in [0, 0.05) is 5.92 Å². The van der Waals surface area contributed by atoms with Crippen LogP contribution < -0.4 is 4.74 Å². The molecule has 1 N–H and O–H groups in total. The molecule has 1 fully saturated rings. The summed E-state index contributed by atoms with van der Waals surface area (Å²) in [4.78, 5) is 0.670. The first-order valence-electron chi connectivity index (χ1n) is 12.3. The minimum atomic E-state index is -2.07. The van der Waals surface area contributed by atoms with Crippen molar-refractivity contribution in [2.75, 3.05) is 7.11 Å². The van der Waals surface area contributed by atoms with Crippen LogP contribution in [0, 0.1) is 5.92 Å². The van der Waals surface area contributed by atoms with Gasteiger partial charge in [-0.1, -0.05) is 37.6 Å². The van der Waals surface area contributed by atoms with Crippen LogP contribution in [-0.2, 0) is 25.8 Å². The molecule has 0 bridgehead atoms. The largest absolute Gasteiger partial charge is 0.497 e. The number of aliphatic hydroxyl groups is 1. The maximum absolute atomic E-state index is 12.3. The zero-order valence-electron chi connectivity index (χ0n) is 22.5. The standard InChI is InChI=1S/C26H41ClO5SSi2/c1-10-21-17(2)23(31-34(4,5)6)24(32-35(7,8)9)26(28,30-21)22-16-19(25(27)33-22)15-18-11-13-20(29-3)14-12-18/h11-14,16-17,21,23-24,28H,10,15H2,1-9H3/t17-,21-,23+,24-,26?/m1/s1. The third-order valence-corrected chi connectivity index (χ3v) is 9.64. The monoisotopic (exact) mass is 556 g/mol. The van der Waals surface area contributed by atoms with Crippen LogP contribution >= 0.6 is 22.9 Å². The van der Waals surface area contributed by atoms with E-state index in [2.05, 4.69) is 53.1 Å². The average molecular weight is 557 g/mol. The van der Waals surface area contributed by atoms with Crippen molar-refractivity contribution >= 4 is 39.6 Å². The Morgan fingerprint density at radius 1 is 1.06 bits per heavy atom. The van der Waals surface area contributed by atoms with E-state index < -0.39 is 28.5 Å². The number of methoxy groups -OCH3 is 1. The van der Waals surface area contributed by atoms with Crippen LogP contribution in [0.3, 0.4) is 0 Å². The molecule has 1 saturated heterocycles.